The molecule has 1 spiro atoms. The van der Waals surface area contributed by atoms with Crippen molar-refractivity contribution in [2.24, 2.45) is 5.41 Å². The molecule has 1 aromatic heterocycles. The van der Waals surface area contributed by atoms with Gasteiger partial charge in [0.25, 0.3) is 11.8 Å². The summed E-state index contributed by atoms with van der Waals surface area (Å²) >= 11 is 0. The molecule has 292 valence electrons. The van der Waals surface area contributed by atoms with Crippen LogP contribution < -0.4 is 25.0 Å². The number of nitrogens with one attached hydrogen (secondary N) is 2. The summed E-state index contributed by atoms with van der Waals surface area (Å²) < 4.78 is 17.9. The molecule has 10 rings (SSSR count). The van der Waals surface area contributed by atoms with Crippen molar-refractivity contribution in [2.75, 3.05) is 36.5 Å². The molecule has 0 radical (unpaired) electrons. The lowest BCUT2D eigenvalue weighted by molar-refractivity contribution is -0.136. The number of carbonyl (C=O) groups excluding carboxylic acids is 4. The van der Waals surface area contributed by atoms with E-state index >= 15 is 0 Å². The molecule has 13 heteroatoms. The highest BCUT2D eigenvalue weighted by Gasteiger charge is 2.50. The number of anilines is 2. The smallest absolute Gasteiger partial charge is 0.262 e. The fourth-order valence-electron chi connectivity index (χ4n) is 9.47. The predicted molar refractivity (Wildman–Crippen MR) is 208 cm³/mol. The van der Waals surface area contributed by atoms with Crippen molar-refractivity contribution in [1.29, 1.82) is 0 Å². The summed E-state index contributed by atoms with van der Waals surface area (Å²) in [6.07, 6.45) is 8.21. The highest BCUT2D eigenvalue weighted by molar-refractivity contribution is 6.23. The Morgan fingerprint density at radius 2 is 1.54 bits per heavy atom. The lowest BCUT2D eigenvalue weighted by Crippen LogP contribution is -2.66. The number of nitrogens with zero attached hydrogens (tertiary/aromatic N) is 4. The average Bonchev–Trinajstić information content (AvgIpc) is 3.76. The van der Waals surface area contributed by atoms with Crippen LogP contribution in [0.3, 0.4) is 0 Å². The monoisotopic (exact) mass is 768 g/mol. The van der Waals surface area contributed by atoms with Crippen LogP contribution in [-0.4, -0.2) is 83.0 Å². The summed E-state index contributed by atoms with van der Waals surface area (Å²) in [5.74, 6) is 0.377. The maximum atomic E-state index is 13.2. The van der Waals surface area contributed by atoms with E-state index in [-0.39, 0.29) is 41.5 Å². The standard InChI is InChI=1S/C44H44N6O7/c51-38-14-13-37(39(52)48-38)50-40(53)35-12-7-29(21-36(35)41(50)54)46-31-19-34(20-31)57-33-10-5-28(6-11-33)44(16-1-2-17-44)27-3-8-32(9-4-27)56-22-30-15-18-45-42(47-30)49-23-43(24-49)25-55-26-43/h3-12,15,18,21,31,34,37,46H,1-2,13-14,16-17,19-20,22-26H2,(H,48,51,52)/t31-,34+,37?. The number of rotatable bonds is 11. The molecular formula is C44H44N6O7. The van der Waals surface area contributed by atoms with E-state index in [0.29, 0.717) is 12.0 Å². The van der Waals surface area contributed by atoms with Gasteiger partial charge in [0.2, 0.25) is 17.8 Å². The Bertz CT molecular complexity index is 2240. The first kappa shape index (κ1) is 35.6. The summed E-state index contributed by atoms with van der Waals surface area (Å²) in [4.78, 5) is 62.7. The van der Waals surface area contributed by atoms with Crippen molar-refractivity contribution in [3.63, 3.8) is 0 Å². The lowest BCUT2D eigenvalue weighted by Gasteiger charge is -2.54. The summed E-state index contributed by atoms with van der Waals surface area (Å²) in [6, 6.07) is 23.3. The van der Waals surface area contributed by atoms with Crippen LogP contribution in [0.25, 0.3) is 0 Å². The maximum Gasteiger partial charge on any atom is 0.262 e. The van der Waals surface area contributed by atoms with Gasteiger partial charge in [-0.05, 0) is 78.9 Å². The third-order valence-electron chi connectivity index (χ3n) is 12.7. The number of piperidine rings is 1. The average molecular weight is 769 g/mol. The molecule has 4 aromatic rings. The molecule has 3 saturated heterocycles. The zero-order valence-electron chi connectivity index (χ0n) is 31.6. The van der Waals surface area contributed by atoms with Crippen molar-refractivity contribution in [2.45, 2.75) is 81.6 Å². The minimum atomic E-state index is -0.983. The Balaban J connectivity index is 0.726. The molecule has 2 aliphatic carbocycles. The van der Waals surface area contributed by atoms with Crippen molar-refractivity contribution in [3.8, 4) is 11.5 Å². The van der Waals surface area contributed by atoms with Gasteiger partial charge in [0.15, 0.2) is 0 Å². The Kier molecular flexibility index (Phi) is 8.73. The lowest BCUT2D eigenvalue weighted by atomic mass is 9.73. The number of aromatic nitrogens is 2. The maximum absolute atomic E-state index is 13.2. The highest BCUT2D eigenvalue weighted by atomic mass is 16.5. The van der Waals surface area contributed by atoms with Crippen molar-refractivity contribution in [3.05, 3.63) is 107 Å². The molecule has 2 saturated carbocycles. The zero-order chi connectivity index (χ0) is 38.7. The first-order valence-corrected chi connectivity index (χ1v) is 20.0. The van der Waals surface area contributed by atoms with Gasteiger partial charge in [-0.25, -0.2) is 9.97 Å². The number of imide groups is 2. The number of hydrogen-bond acceptors (Lipinski definition) is 11. The van der Waals surface area contributed by atoms with E-state index in [0.717, 1.165) is 85.7 Å². The Morgan fingerprint density at radius 3 is 2.23 bits per heavy atom. The van der Waals surface area contributed by atoms with E-state index in [1.807, 2.05) is 12.3 Å². The van der Waals surface area contributed by atoms with Gasteiger partial charge in [-0.1, -0.05) is 37.1 Å². The summed E-state index contributed by atoms with van der Waals surface area (Å²) in [5.41, 5.74) is 4.97. The molecule has 2 N–H and O–H groups in total. The van der Waals surface area contributed by atoms with Crippen LogP contribution in [0.4, 0.5) is 11.6 Å². The third kappa shape index (κ3) is 6.47. The summed E-state index contributed by atoms with van der Waals surface area (Å²) in [6.45, 7) is 3.94. The number of fused-ring (bicyclic) bond motifs is 1. The van der Waals surface area contributed by atoms with Crippen LogP contribution in [0.5, 0.6) is 11.5 Å². The fraction of sp³-hybridized carbons (Fsp3) is 0.409. The molecule has 5 fully saturated rings. The fourth-order valence-corrected chi connectivity index (χ4v) is 9.47. The molecule has 4 amide bonds. The quantitative estimate of drug-likeness (QED) is 0.194. The molecule has 3 aromatic carbocycles. The number of hydrogen-bond donors (Lipinski definition) is 2. The van der Waals surface area contributed by atoms with Gasteiger partial charge in [-0.3, -0.25) is 29.4 Å². The van der Waals surface area contributed by atoms with Crippen molar-refractivity contribution < 1.29 is 33.4 Å². The van der Waals surface area contributed by atoms with Crippen LogP contribution >= 0.6 is 0 Å². The second-order valence-electron chi connectivity index (χ2n) is 16.6. The van der Waals surface area contributed by atoms with Crippen LogP contribution in [0.2, 0.25) is 0 Å². The van der Waals surface area contributed by atoms with E-state index in [2.05, 4.69) is 69.0 Å². The van der Waals surface area contributed by atoms with Gasteiger partial charge < -0.3 is 24.4 Å². The first-order valence-electron chi connectivity index (χ1n) is 20.0. The minimum Gasteiger partial charge on any atom is -0.490 e. The van der Waals surface area contributed by atoms with Gasteiger partial charge in [0.05, 0.1) is 35.4 Å². The molecule has 1 atom stereocenters. The largest absolute Gasteiger partial charge is 0.490 e. The number of ether oxygens (including phenoxy) is 3. The topological polar surface area (TPSA) is 152 Å². The second-order valence-corrected chi connectivity index (χ2v) is 16.6. The van der Waals surface area contributed by atoms with Gasteiger partial charge in [0, 0.05) is 55.7 Å². The number of amides is 4. The molecule has 0 bridgehead atoms. The number of carbonyl (C=O) groups is 4. The Labute approximate surface area is 330 Å². The first-order chi connectivity index (χ1) is 27.7. The van der Waals surface area contributed by atoms with Crippen molar-refractivity contribution in [1.82, 2.24) is 20.2 Å². The molecule has 1 unspecified atom stereocenters. The predicted octanol–water partition coefficient (Wildman–Crippen LogP) is 5.18. The summed E-state index contributed by atoms with van der Waals surface area (Å²) in [5, 5.41) is 5.70. The van der Waals surface area contributed by atoms with Crippen LogP contribution in [0.15, 0.2) is 79.0 Å². The van der Waals surface area contributed by atoms with E-state index in [4.69, 9.17) is 19.2 Å². The minimum absolute atomic E-state index is 0.0507. The Hall–Kier alpha value is -5.82. The molecule has 5 heterocycles. The third-order valence-corrected chi connectivity index (χ3v) is 12.7. The highest BCUT2D eigenvalue weighted by Crippen LogP contribution is 2.47. The van der Waals surface area contributed by atoms with Crippen molar-refractivity contribution >= 4 is 35.3 Å². The molecule has 6 aliphatic rings. The summed E-state index contributed by atoms with van der Waals surface area (Å²) in [7, 11) is 0. The number of benzene rings is 3. The molecule has 57 heavy (non-hydrogen) atoms. The van der Waals surface area contributed by atoms with Gasteiger partial charge in [0.1, 0.15) is 30.3 Å². The van der Waals surface area contributed by atoms with E-state index in [1.165, 1.54) is 24.0 Å². The molecular weight excluding hydrogens is 725 g/mol. The molecule has 13 nitrogen and oxygen atoms in total. The van der Waals surface area contributed by atoms with E-state index < -0.39 is 29.7 Å². The van der Waals surface area contributed by atoms with Gasteiger partial charge in [-0.2, -0.15) is 0 Å². The van der Waals surface area contributed by atoms with E-state index in [1.54, 1.807) is 18.2 Å². The molecule has 4 aliphatic heterocycles. The van der Waals surface area contributed by atoms with E-state index in [9.17, 15) is 19.2 Å². The van der Waals surface area contributed by atoms with Gasteiger partial charge in [-0.15, -0.1) is 0 Å². The van der Waals surface area contributed by atoms with Crippen LogP contribution in [0, 0.1) is 5.41 Å². The Morgan fingerprint density at radius 1 is 0.842 bits per heavy atom. The normalized spacial score (nSPS) is 24.3. The second kappa shape index (κ2) is 14.0. The van der Waals surface area contributed by atoms with Gasteiger partial charge >= 0.3 is 0 Å². The zero-order valence-corrected chi connectivity index (χ0v) is 31.6. The van der Waals surface area contributed by atoms with Crippen LogP contribution in [0.1, 0.15) is 88.9 Å². The van der Waals surface area contributed by atoms with Crippen LogP contribution in [-0.2, 0) is 26.3 Å². The SMILES string of the molecule is O=C1CCC(N2C(=O)c3ccc(N[C@H]4C[C@@H](Oc5ccc(C6(c7ccc(OCc8ccnc(N9CC%10(COC%10)C9)n8)cc7)CCCC6)cc5)C4)cc3C2=O)C(=O)N1.